The van der Waals surface area contributed by atoms with Gasteiger partial charge in [-0.15, -0.1) is 5.10 Å². The van der Waals surface area contributed by atoms with Crippen LogP contribution in [0.2, 0.25) is 0 Å². The van der Waals surface area contributed by atoms with Crippen molar-refractivity contribution in [3.63, 3.8) is 0 Å². The molecule has 0 spiro atoms. The lowest BCUT2D eigenvalue weighted by Gasteiger charge is -2.09. The average Bonchev–Trinajstić information content (AvgIpc) is 2.95. The summed E-state index contributed by atoms with van der Waals surface area (Å²) in [6, 6.07) is 5.99. The van der Waals surface area contributed by atoms with Crippen LogP contribution < -0.4 is 5.32 Å². The van der Waals surface area contributed by atoms with E-state index in [1.165, 1.54) is 12.1 Å². The number of rotatable bonds is 4. The van der Waals surface area contributed by atoms with Crippen molar-refractivity contribution in [2.24, 2.45) is 0 Å². The highest BCUT2D eigenvalue weighted by atomic mass is 19.4. The zero-order valence-corrected chi connectivity index (χ0v) is 13.0. The Hall–Kier alpha value is -3.04. The predicted molar refractivity (Wildman–Crippen MR) is 82.5 cm³/mol. The number of alkyl halides is 3. The number of nitrogens with one attached hydrogen (secondary N) is 1. The number of hydrogen-bond acceptors (Lipinski definition) is 6. The van der Waals surface area contributed by atoms with E-state index in [0.29, 0.717) is 24.5 Å². The molecule has 132 valence electrons. The van der Waals surface area contributed by atoms with E-state index in [1.54, 1.807) is 19.1 Å². The van der Waals surface area contributed by atoms with Gasteiger partial charge in [0.1, 0.15) is 5.82 Å². The van der Waals surface area contributed by atoms with E-state index >= 15 is 0 Å². The van der Waals surface area contributed by atoms with Crippen LogP contribution >= 0.6 is 0 Å². The largest absolute Gasteiger partial charge is 0.504 e. The molecule has 0 bridgehead atoms. The first-order valence-corrected chi connectivity index (χ1v) is 7.30. The normalized spacial score (nSPS) is 11.8. The summed E-state index contributed by atoms with van der Waals surface area (Å²) in [5, 5.41) is 25.2. The number of nitrogens with zero attached hydrogens (tertiary/aromatic N) is 4. The standard InChI is InChI=1S/C15H14F3N5O2/c1-8-6-12(19-5-4-9-2-3-10(24)11(25)7-9)23-14(20-8)21-13(22-23)15(16,17)18/h2-3,6-7,19,24-25H,4-5H2,1H3. The van der Waals surface area contributed by atoms with Crippen molar-refractivity contribution >= 4 is 11.6 Å². The molecule has 1 aromatic carbocycles. The average molecular weight is 353 g/mol. The van der Waals surface area contributed by atoms with Crippen molar-refractivity contribution in [3.05, 3.63) is 41.3 Å². The number of halogens is 3. The van der Waals surface area contributed by atoms with Crippen LogP contribution in [0.25, 0.3) is 5.78 Å². The van der Waals surface area contributed by atoms with Gasteiger partial charge in [0.05, 0.1) is 0 Å². The second kappa shape index (κ2) is 6.11. The highest BCUT2D eigenvalue weighted by molar-refractivity contribution is 5.46. The summed E-state index contributed by atoms with van der Waals surface area (Å²) < 4.78 is 39.3. The van der Waals surface area contributed by atoms with Gasteiger partial charge in [-0.05, 0) is 31.0 Å². The van der Waals surface area contributed by atoms with Gasteiger partial charge in [-0.1, -0.05) is 6.07 Å². The molecule has 2 heterocycles. The van der Waals surface area contributed by atoms with E-state index in [0.717, 1.165) is 10.1 Å². The molecule has 0 fully saturated rings. The molecule has 3 aromatic rings. The van der Waals surface area contributed by atoms with E-state index < -0.39 is 12.0 Å². The van der Waals surface area contributed by atoms with Crippen LogP contribution in [0.4, 0.5) is 19.0 Å². The third-order valence-electron chi connectivity index (χ3n) is 3.45. The van der Waals surface area contributed by atoms with E-state index in [9.17, 15) is 23.4 Å². The molecule has 0 radical (unpaired) electrons. The van der Waals surface area contributed by atoms with Gasteiger partial charge in [0.25, 0.3) is 11.6 Å². The maximum absolute atomic E-state index is 12.8. The lowest BCUT2D eigenvalue weighted by molar-refractivity contribution is -0.144. The number of aromatic nitrogens is 4. The van der Waals surface area contributed by atoms with Crippen molar-refractivity contribution in [1.29, 1.82) is 0 Å². The Kier molecular flexibility index (Phi) is 4.11. The van der Waals surface area contributed by atoms with Gasteiger partial charge in [0.15, 0.2) is 11.5 Å². The Morgan fingerprint density at radius 2 is 1.88 bits per heavy atom. The van der Waals surface area contributed by atoms with Crippen LogP contribution in [0.1, 0.15) is 17.1 Å². The molecule has 10 heteroatoms. The summed E-state index contributed by atoms with van der Waals surface area (Å²) in [5.74, 6) is -1.51. The molecule has 0 saturated heterocycles. The quantitative estimate of drug-likeness (QED) is 0.624. The molecular weight excluding hydrogens is 339 g/mol. The molecule has 2 aromatic heterocycles. The van der Waals surface area contributed by atoms with E-state index in [4.69, 9.17) is 0 Å². The molecule has 25 heavy (non-hydrogen) atoms. The van der Waals surface area contributed by atoms with Crippen LogP contribution in [0, 0.1) is 6.92 Å². The Bertz CT molecular complexity index is 923. The molecule has 0 aliphatic carbocycles. The third kappa shape index (κ3) is 3.57. The smallest absolute Gasteiger partial charge is 0.453 e. The fourth-order valence-corrected chi connectivity index (χ4v) is 2.29. The van der Waals surface area contributed by atoms with Gasteiger partial charge in [-0.2, -0.15) is 22.7 Å². The zero-order valence-electron chi connectivity index (χ0n) is 13.0. The first-order chi connectivity index (χ1) is 11.7. The molecule has 3 N–H and O–H groups in total. The Balaban J connectivity index is 1.80. The Morgan fingerprint density at radius 3 is 2.56 bits per heavy atom. The molecule has 0 atom stereocenters. The van der Waals surface area contributed by atoms with Crippen LogP contribution in [0.3, 0.4) is 0 Å². The lowest BCUT2D eigenvalue weighted by atomic mass is 10.1. The number of fused-ring (bicyclic) bond motifs is 1. The van der Waals surface area contributed by atoms with Gasteiger partial charge in [-0.3, -0.25) is 0 Å². The maximum Gasteiger partial charge on any atom is 0.453 e. The van der Waals surface area contributed by atoms with Crippen molar-refractivity contribution < 1.29 is 23.4 Å². The van der Waals surface area contributed by atoms with Crippen LogP contribution in [-0.2, 0) is 12.6 Å². The van der Waals surface area contributed by atoms with Crippen LogP contribution in [-0.4, -0.2) is 36.3 Å². The Labute approximate surface area is 139 Å². The summed E-state index contributed by atoms with van der Waals surface area (Å²) in [6.45, 7) is 2.01. The van der Waals surface area contributed by atoms with Crippen LogP contribution in [0.5, 0.6) is 11.5 Å². The minimum absolute atomic E-state index is 0.142. The second-order valence-electron chi connectivity index (χ2n) is 5.43. The summed E-state index contributed by atoms with van der Waals surface area (Å²) in [7, 11) is 0. The van der Waals surface area contributed by atoms with Gasteiger partial charge in [-0.25, -0.2) is 4.98 Å². The number of anilines is 1. The number of aromatic hydroxyl groups is 2. The first-order valence-electron chi connectivity index (χ1n) is 7.30. The predicted octanol–water partition coefficient (Wildman–Crippen LogP) is 2.52. The topological polar surface area (TPSA) is 95.6 Å². The van der Waals surface area contributed by atoms with Gasteiger partial charge < -0.3 is 15.5 Å². The molecule has 0 aliphatic heterocycles. The molecule has 3 rings (SSSR count). The van der Waals surface area contributed by atoms with Crippen molar-refractivity contribution in [1.82, 2.24) is 19.6 Å². The zero-order chi connectivity index (χ0) is 18.2. The van der Waals surface area contributed by atoms with Gasteiger partial charge in [0, 0.05) is 18.3 Å². The fourth-order valence-electron chi connectivity index (χ4n) is 2.29. The molecule has 7 nitrogen and oxygen atoms in total. The number of benzene rings is 1. The summed E-state index contributed by atoms with van der Waals surface area (Å²) in [4.78, 5) is 7.35. The van der Waals surface area contributed by atoms with Crippen molar-refractivity contribution in [2.75, 3.05) is 11.9 Å². The SMILES string of the molecule is Cc1cc(NCCc2ccc(O)c(O)c2)n2nc(C(F)(F)F)nc2n1. The first kappa shape index (κ1) is 16.8. The van der Waals surface area contributed by atoms with Gasteiger partial charge in [0.2, 0.25) is 0 Å². The number of phenols is 2. The highest BCUT2D eigenvalue weighted by Gasteiger charge is 2.36. The molecule has 0 amide bonds. The van der Waals surface area contributed by atoms with Crippen LogP contribution in [0.15, 0.2) is 24.3 Å². The van der Waals surface area contributed by atoms with E-state index in [1.807, 2.05) is 0 Å². The van der Waals surface area contributed by atoms with Crippen molar-refractivity contribution in [3.8, 4) is 11.5 Å². The molecular formula is C15H14F3N5O2. The highest BCUT2D eigenvalue weighted by Crippen LogP contribution is 2.27. The second-order valence-corrected chi connectivity index (χ2v) is 5.43. The maximum atomic E-state index is 12.8. The molecule has 0 saturated carbocycles. The molecule has 0 aliphatic rings. The minimum atomic E-state index is -4.65. The third-order valence-corrected chi connectivity index (χ3v) is 3.45. The fraction of sp³-hybridized carbons (Fsp3) is 0.267. The lowest BCUT2D eigenvalue weighted by Crippen LogP contribution is -2.11. The monoisotopic (exact) mass is 353 g/mol. The number of phenolic OH excluding ortho intramolecular Hbond substituents is 2. The van der Waals surface area contributed by atoms with Crippen molar-refractivity contribution in [2.45, 2.75) is 19.5 Å². The van der Waals surface area contributed by atoms with E-state index in [2.05, 4.69) is 20.4 Å². The number of aryl methyl sites for hydroxylation is 1. The summed E-state index contributed by atoms with van der Waals surface area (Å²) >= 11 is 0. The minimum Gasteiger partial charge on any atom is -0.504 e. The van der Waals surface area contributed by atoms with Gasteiger partial charge >= 0.3 is 6.18 Å². The summed E-state index contributed by atoms with van der Waals surface area (Å²) in [5.41, 5.74) is 1.25. The Morgan fingerprint density at radius 1 is 1.12 bits per heavy atom. The summed E-state index contributed by atoms with van der Waals surface area (Å²) in [6.07, 6.45) is -4.18. The number of hydrogen-bond donors (Lipinski definition) is 3. The van der Waals surface area contributed by atoms with E-state index in [-0.39, 0.29) is 17.3 Å². The molecule has 0 unspecified atom stereocenters.